The van der Waals surface area contributed by atoms with Gasteiger partial charge in [-0.2, -0.15) is 0 Å². The van der Waals surface area contributed by atoms with E-state index in [-0.39, 0.29) is 5.92 Å². The minimum atomic E-state index is 0.243. The number of nitrogens with zero attached hydrogens (tertiary/aromatic N) is 1. The second-order valence-corrected chi connectivity index (χ2v) is 4.56. The second kappa shape index (κ2) is 3.21. The fraction of sp³-hybridized carbons (Fsp3) is 0.900. The maximum Gasteiger partial charge on any atom is 0.228 e. The minimum absolute atomic E-state index is 0.243. The summed E-state index contributed by atoms with van der Waals surface area (Å²) in [5.74, 6) is 0.580. The number of ether oxygens (including phenoxy) is 1. The van der Waals surface area contributed by atoms with Gasteiger partial charge in [-0.25, -0.2) is 0 Å². The molecule has 0 radical (unpaired) electrons. The zero-order valence-corrected chi connectivity index (χ0v) is 8.24. The van der Waals surface area contributed by atoms with Crippen LogP contribution in [0.25, 0.3) is 0 Å². The van der Waals surface area contributed by atoms with Crippen molar-refractivity contribution >= 4 is 5.91 Å². The zero-order chi connectivity index (χ0) is 9.54. The third-order valence-corrected chi connectivity index (χ3v) is 3.49. The molecular formula is C10H16N2O2. The molecule has 78 valence electrons. The van der Waals surface area contributed by atoms with Crippen LogP contribution in [0.4, 0.5) is 0 Å². The van der Waals surface area contributed by atoms with Crippen molar-refractivity contribution in [1.29, 1.82) is 0 Å². The van der Waals surface area contributed by atoms with Gasteiger partial charge >= 0.3 is 0 Å². The van der Waals surface area contributed by atoms with E-state index >= 15 is 0 Å². The SMILES string of the molecule is O=C(C1CNC1)N1CC2CCC(C1)O2. The van der Waals surface area contributed by atoms with E-state index in [1.807, 2.05) is 4.90 Å². The molecule has 0 aliphatic carbocycles. The fourth-order valence-corrected chi connectivity index (χ4v) is 2.52. The van der Waals surface area contributed by atoms with Gasteiger partial charge in [0.2, 0.25) is 5.91 Å². The number of rotatable bonds is 1. The number of amides is 1. The van der Waals surface area contributed by atoms with Gasteiger partial charge in [-0.05, 0) is 12.8 Å². The van der Waals surface area contributed by atoms with Crippen LogP contribution >= 0.6 is 0 Å². The molecule has 0 aromatic rings. The molecule has 3 heterocycles. The number of hydrogen-bond donors (Lipinski definition) is 1. The summed E-state index contributed by atoms with van der Waals surface area (Å²) in [6.07, 6.45) is 2.92. The molecule has 1 amide bonds. The summed E-state index contributed by atoms with van der Waals surface area (Å²) in [4.78, 5) is 13.9. The molecule has 3 fully saturated rings. The molecule has 0 aromatic heterocycles. The van der Waals surface area contributed by atoms with Gasteiger partial charge in [0.05, 0.1) is 18.1 Å². The lowest BCUT2D eigenvalue weighted by molar-refractivity contribution is -0.145. The highest BCUT2D eigenvalue weighted by Crippen LogP contribution is 2.27. The van der Waals surface area contributed by atoms with Crippen molar-refractivity contribution in [2.75, 3.05) is 26.2 Å². The number of fused-ring (bicyclic) bond motifs is 2. The summed E-state index contributed by atoms with van der Waals surface area (Å²) in [7, 11) is 0. The molecule has 3 rings (SSSR count). The highest BCUT2D eigenvalue weighted by molar-refractivity contribution is 5.80. The molecule has 2 unspecified atom stereocenters. The van der Waals surface area contributed by atoms with Crippen LogP contribution in [0.1, 0.15) is 12.8 Å². The Labute approximate surface area is 83.6 Å². The largest absolute Gasteiger partial charge is 0.371 e. The Morgan fingerprint density at radius 3 is 2.36 bits per heavy atom. The maximum absolute atomic E-state index is 11.9. The summed E-state index contributed by atoms with van der Waals surface area (Å²) in [6.45, 7) is 3.38. The monoisotopic (exact) mass is 196 g/mol. The van der Waals surface area contributed by atoms with Crippen LogP contribution in [0.2, 0.25) is 0 Å². The summed E-state index contributed by atoms with van der Waals surface area (Å²) < 4.78 is 5.70. The molecule has 0 aromatic carbocycles. The van der Waals surface area contributed by atoms with E-state index in [2.05, 4.69) is 5.32 Å². The predicted molar refractivity (Wildman–Crippen MR) is 50.8 cm³/mol. The molecule has 0 spiro atoms. The van der Waals surface area contributed by atoms with Crippen LogP contribution in [0.15, 0.2) is 0 Å². The first-order valence-corrected chi connectivity index (χ1v) is 5.48. The van der Waals surface area contributed by atoms with Gasteiger partial charge in [0.1, 0.15) is 0 Å². The zero-order valence-electron chi connectivity index (χ0n) is 8.24. The molecule has 3 aliphatic rings. The summed E-state index contributed by atoms with van der Waals surface area (Å²) >= 11 is 0. The average Bonchev–Trinajstić information content (AvgIpc) is 2.42. The topological polar surface area (TPSA) is 41.6 Å². The highest BCUT2D eigenvalue weighted by Gasteiger charge is 2.38. The van der Waals surface area contributed by atoms with Crippen LogP contribution in [-0.2, 0) is 9.53 Å². The van der Waals surface area contributed by atoms with E-state index in [0.717, 1.165) is 39.0 Å². The lowest BCUT2D eigenvalue weighted by Gasteiger charge is -2.37. The van der Waals surface area contributed by atoms with Crippen molar-refractivity contribution in [2.45, 2.75) is 25.0 Å². The number of likely N-dealkylation sites (tertiary alicyclic amines) is 1. The lowest BCUT2D eigenvalue weighted by atomic mass is 10.0. The maximum atomic E-state index is 11.9. The van der Waals surface area contributed by atoms with Crippen molar-refractivity contribution in [3.05, 3.63) is 0 Å². The number of carbonyl (C=O) groups is 1. The predicted octanol–water partition coefficient (Wildman–Crippen LogP) is -0.404. The number of nitrogens with one attached hydrogen (secondary N) is 1. The first-order valence-electron chi connectivity index (χ1n) is 5.48. The molecule has 4 nitrogen and oxygen atoms in total. The van der Waals surface area contributed by atoms with E-state index in [4.69, 9.17) is 4.74 Å². The van der Waals surface area contributed by atoms with Crippen LogP contribution in [0.3, 0.4) is 0 Å². The number of hydrogen-bond acceptors (Lipinski definition) is 3. The van der Waals surface area contributed by atoms with Gasteiger partial charge in [0.15, 0.2) is 0 Å². The van der Waals surface area contributed by atoms with E-state index in [0.29, 0.717) is 18.1 Å². The third kappa shape index (κ3) is 1.33. The Morgan fingerprint density at radius 2 is 1.86 bits per heavy atom. The molecule has 4 heteroatoms. The first kappa shape index (κ1) is 8.68. The molecular weight excluding hydrogens is 180 g/mol. The quantitative estimate of drug-likeness (QED) is 0.620. The van der Waals surface area contributed by atoms with Crippen molar-refractivity contribution in [3.63, 3.8) is 0 Å². The van der Waals surface area contributed by atoms with Crippen molar-refractivity contribution in [1.82, 2.24) is 10.2 Å². The standard InChI is InChI=1S/C10H16N2O2/c13-10(7-3-11-4-7)12-5-8-1-2-9(6-12)14-8/h7-9,11H,1-6H2. The molecule has 0 saturated carbocycles. The normalized spacial score (nSPS) is 37.0. The van der Waals surface area contributed by atoms with E-state index in [1.54, 1.807) is 0 Å². The Morgan fingerprint density at radius 1 is 1.21 bits per heavy atom. The van der Waals surface area contributed by atoms with Crippen LogP contribution in [0.5, 0.6) is 0 Å². The number of carbonyl (C=O) groups excluding carboxylic acids is 1. The molecule has 1 N–H and O–H groups in total. The van der Waals surface area contributed by atoms with Gasteiger partial charge in [-0.1, -0.05) is 0 Å². The molecule has 3 aliphatic heterocycles. The summed E-state index contributed by atoms with van der Waals surface area (Å²) in [5, 5.41) is 3.14. The fourth-order valence-electron chi connectivity index (χ4n) is 2.52. The third-order valence-electron chi connectivity index (χ3n) is 3.49. The average molecular weight is 196 g/mol. The van der Waals surface area contributed by atoms with E-state index in [9.17, 15) is 4.79 Å². The van der Waals surface area contributed by atoms with Crippen LogP contribution < -0.4 is 5.32 Å². The van der Waals surface area contributed by atoms with E-state index < -0.39 is 0 Å². The smallest absolute Gasteiger partial charge is 0.228 e. The van der Waals surface area contributed by atoms with Gasteiger partial charge < -0.3 is 15.0 Å². The second-order valence-electron chi connectivity index (χ2n) is 4.56. The van der Waals surface area contributed by atoms with Crippen LogP contribution in [0, 0.1) is 5.92 Å². The summed E-state index contributed by atoms with van der Waals surface area (Å²) in [5.41, 5.74) is 0. The van der Waals surface area contributed by atoms with Crippen molar-refractivity contribution < 1.29 is 9.53 Å². The lowest BCUT2D eigenvalue weighted by Crippen LogP contribution is -2.55. The van der Waals surface area contributed by atoms with Crippen LogP contribution in [-0.4, -0.2) is 49.2 Å². The minimum Gasteiger partial charge on any atom is -0.371 e. The van der Waals surface area contributed by atoms with E-state index in [1.165, 1.54) is 0 Å². The molecule has 2 atom stereocenters. The molecule has 2 bridgehead atoms. The van der Waals surface area contributed by atoms with Gasteiger partial charge in [-0.15, -0.1) is 0 Å². The number of morpholine rings is 1. The Kier molecular flexibility index (Phi) is 1.99. The van der Waals surface area contributed by atoms with Gasteiger partial charge in [0, 0.05) is 26.2 Å². The molecule has 3 saturated heterocycles. The highest BCUT2D eigenvalue weighted by atomic mass is 16.5. The Bertz CT molecular complexity index is 241. The Balaban J connectivity index is 1.64. The first-order chi connectivity index (χ1) is 6.83. The van der Waals surface area contributed by atoms with Crippen molar-refractivity contribution in [3.8, 4) is 0 Å². The Hall–Kier alpha value is -0.610. The molecule has 14 heavy (non-hydrogen) atoms. The van der Waals surface area contributed by atoms with Gasteiger partial charge in [-0.3, -0.25) is 4.79 Å². The van der Waals surface area contributed by atoms with Gasteiger partial charge in [0.25, 0.3) is 0 Å². The van der Waals surface area contributed by atoms with Crippen molar-refractivity contribution in [2.24, 2.45) is 5.92 Å². The summed E-state index contributed by atoms with van der Waals surface area (Å²) in [6, 6.07) is 0.